The molecule has 1 aliphatic carbocycles. The van der Waals surface area contributed by atoms with Gasteiger partial charge in [-0.05, 0) is 76.8 Å². The number of aliphatic hydroxyl groups is 1. The molecule has 256 valence electrons. The Morgan fingerprint density at radius 2 is 1.96 bits per heavy atom. The third-order valence-electron chi connectivity index (χ3n) is 9.60. The summed E-state index contributed by atoms with van der Waals surface area (Å²) in [7, 11) is 1.87. The van der Waals surface area contributed by atoms with Crippen molar-refractivity contribution in [2.45, 2.75) is 90.7 Å². The van der Waals surface area contributed by atoms with Crippen molar-refractivity contribution in [3.8, 4) is 11.4 Å². The fraction of sp³-hybridized carbons (Fsp3) is 0.514. The molecular formula is C35H42FN5O7. The molecule has 2 atom stereocenters. The molecule has 3 aromatic rings. The quantitative estimate of drug-likeness (QED) is 0.241. The molecule has 48 heavy (non-hydrogen) atoms. The number of aromatic nitrogens is 2. The minimum absolute atomic E-state index is 0.0162. The Balaban J connectivity index is 1.29. The van der Waals surface area contributed by atoms with Crippen molar-refractivity contribution in [2.75, 3.05) is 26.7 Å². The van der Waals surface area contributed by atoms with Crippen LogP contribution < -0.4 is 16.2 Å². The Kier molecular flexibility index (Phi) is 8.57. The highest BCUT2D eigenvalue weighted by molar-refractivity contribution is 5.94. The van der Waals surface area contributed by atoms with Crippen molar-refractivity contribution >= 4 is 28.9 Å². The van der Waals surface area contributed by atoms with Gasteiger partial charge in [-0.2, -0.15) is 0 Å². The number of carbonyl (C=O) groups is 3. The van der Waals surface area contributed by atoms with Crippen LogP contribution >= 0.6 is 0 Å². The van der Waals surface area contributed by atoms with Crippen LogP contribution in [-0.2, 0) is 44.2 Å². The summed E-state index contributed by atoms with van der Waals surface area (Å²) in [6.07, 6.45) is 0.803. The fourth-order valence-corrected chi connectivity index (χ4v) is 7.03. The molecule has 3 N–H and O–H groups in total. The number of fused-ring (bicyclic) bond motifs is 5. The molecule has 12 nitrogen and oxygen atoms in total. The van der Waals surface area contributed by atoms with Gasteiger partial charge in [0.1, 0.15) is 18.0 Å². The Bertz CT molecular complexity index is 1920. The number of hydrogen-bond acceptors (Lipinski definition) is 9. The first-order chi connectivity index (χ1) is 22.6. The van der Waals surface area contributed by atoms with E-state index in [4.69, 9.17) is 14.5 Å². The molecule has 0 radical (unpaired) electrons. The number of amides is 2. The first kappa shape index (κ1) is 33.5. The second kappa shape index (κ2) is 12.3. The topological polar surface area (TPSA) is 152 Å². The molecule has 3 aliphatic rings. The Labute approximate surface area is 277 Å². The van der Waals surface area contributed by atoms with E-state index in [9.17, 15) is 24.3 Å². The monoisotopic (exact) mass is 663 g/mol. The maximum atomic E-state index is 15.2. The molecule has 2 aromatic heterocycles. The molecule has 6 rings (SSSR count). The number of rotatable bonds is 8. The van der Waals surface area contributed by atoms with Crippen LogP contribution in [0.2, 0.25) is 0 Å². The third kappa shape index (κ3) is 5.83. The highest BCUT2D eigenvalue weighted by atomic mass is 19.1. The van der Waals surface area contributed by atoms with Gasteiger partial charge in [-0.3, -0.25) is 9.59 Å². The number of benzene rings is 1. The van der Waals surface area contributed by atoms with Gasteiger partial charge in [0, 0.05) is 48.6 Å². The molecule has 0 unspecified atom stereocenters. The average Bonchev–Trinajstić information content (AvgIpc) is 3.39. The van der Waals surface area contributed by atoms with E-state index >= 15 is 4.39 Å². The van der Waals surface area contributed by atoms with Gasteiger partial charge in [0.15, 0.2) is 5.60 Å². The van der Waals surface area contributed by atoms with E-state index in [1.165, 1.54) is 6.07 Å². The van der Waals surface area contributed by atoms with E-state index in [1.807, 2.05) is 11.9 Å². The van der Waals surface area contributed by atoms with Crippen molar-refractivity contribution in [3.63, 3.8) is 0 Å². The normalized spacial score (nSPS) is 19.4. The molecular weight excluding hydrogens is 621 g/mol. The van der Waals surface area contributed by atoms with Gasteiger partial charge in [0.25, 0.3) is 5.56 Å². The number of likely N-dealkylation sites (N-methyl/N-ethyl adjacent to an activating group) is 1. The molecule has 13 heteroatoms. The highest BCUT2D eigenvalue weighted by Gasteiger charge is 2.46. The van der Waals surface area contributed by atoms with Crippen LogP contribution in [0.25, 0.3) is 22.3 Å². The number of esters is 1. The van der Waals surface area contributed by atoms with Crippen molar-refractivity contribution in [2.24, 2.45) is 0 Å². The molecule has 2 amide bonds. The summed E-state index contributed by atoms with van der Waals surface area (Å²) in [5.74, 6) is -1.36. The number of aryl methyl sites for hydroxylation is 1. The lowest BCUT2D eigenvalue weighted by Gasteiger charge is -2.31. The lowest BCUT2D eigenvalue weighted by molar-refractivity contribution is -0.172. The molecule has 1 aromatic carbocycles. The number of alkyl carbamates (subject to hydrolysis) is 1. The molecule has 2 aliphatic heterocycles. The van der Waals surface area contributed by atoms with Crippen LogP contribution in [0.1, 0.15) is 86.4 Å². The number of nitrogens with zero attached hydrogens (tertiary/aromatic N) is 3. The predicted octanol–water partition coefficient (Wildman–Crippen LogP) is 3.48. The van der Waals surface area contributed by atoms with Crippen LogP contribution in [-0.4, -0.2) is 69.8 Å². The Hall–Kier alpha value is -4.36. The maximum Gasteiger partial charge on any atom is 0.407 e. The molecule has 4 heterocycles. The van der Waals surface area contributed by atoms with E-state index < -0.39 is 29.3 Å². The summed E-state index contributed by atoms with van der Waals surface area (Å²) < 4.78 is 27.2. The summed E-state index contributed by atoms with van der Waals surface area (Å²) in [5, 5.41) is 18.0. The smallest absolute Gasteiger partial charge is 0.407 e. The van der Waals surface area contributed by atoms with Gasteiger partial charge in [-0.25, -0.2) is 19.0 Å². The van der Waals surface area contributed by atoms with Crippen LogP contribution in [0, 0.1) is 12.7 Å². The summed E-state index contributed by atoms with van der Waals surface area (Å²) in [6.45, 7) is 10.0. The summed E-state index contributed by atoms with van der Waals surface area (Å²) in [5.41, 5.74) is 1.69. The molecule has 0 bridgehead atoms. The fourth-order valence-electron chi connectivity index (χ4n) is 7.03. The molecule has 0 saturated heterocycles. The Morgan fingerprint density at radius 1 is 1.21 bits per heavy atom. The van der Waals surface area contributed by atoms with Crippen LogP contribution in [0.15, 0.2) is 16.9 Å². The summed E-state index contributed by atoms with van der Waals surface area (Å²) in [4.78, 5) is 58.5. The molecule has 0 fully saturated rings. The number of ether oxygens (including phenoxy) is 2. The van der Waals surface area contributed by atoms with E-state index in [-0.39, 0.29) is 54.4 Å². The number of hydrogen-bond donors (Lipinski definition) is 3. The van der Waals surface area contributed by atoms with E-state index in [1.54, 1.807) is 45.3 Å². The van der Waals surface area contributed by atoms with Crippen LogP contribution in [0.5, 0.6) is 0 Å². The van der Waals surface area contributed by atoms with Gasteiger partial charge < -0.3 is 34.7 Å². The van der Waals surface area contributed by atoms with Gasteiger partial charge >= 0.3 is 12.1 Å². The predicted molar refractivity (Wildman–Crippen MR) is 175 cm³/mol. The minimum Gasteiger partial charge on any atom is -0.458 e. The second-order valence-electron chi connectivity index (χ2n) is 14.0. The zero-order chi connectivity index (χ0) is 34.7. The SMILES string of the molecule is CC[C@@]1(O)C(=O)OCc2c1cc1n(c2=O)Cc2c-1nc1cc(F)c(C)c3c1c2[C@@H](NC(=O)CCN(C)CCNC(=O)OC(C)(C)C)CC3. The number of cyclic esters (lactones) is 1. The first-order valence-corrected chi connectivity index (χ1v) is 16.4. The molecule has 0 saturated carbocycles. The largest absolute Gasteiger partial charge is 0.458 e. The van der Waals surface area contributed by atoms with Gasteiger partial charge in [0.05, 0.1) is 35.1 Å². The van der Waals surface area contributed by atoms with E-state index in [2.05, 4.69) is 10.6 Å². The number of halogens is 1. The summed E-state index contributed by atoms with van der Waals surface area (Å²) in [6, 6.07) is 2.61. The maximum absolute atomic E-state index is 15.2. The molecule has 0 spiro atoms. The Morgan fingerprint density at radius 3 is 2.67 bits per heavy atom. The second-order valence-corrected chi connectivity index (χ2v) is 14.0. The van der Waals surface area contributed by atoms with E-state index in [0.717, 1.165) is 22.1 Å². The highest BCUT2D eigenvalue weighted by Crippen LogP contribution is 2.46. The van der Waals surface area contributed by atoms with Crippen LogP contribution in [0.4, 0.5) is 9.18 Å². The van der Waals surface area contributed by atoms with Gasteiger partial charge in [-0.1, -0.05) is 6.92 Å². The van der Waals surface area contributed by atoms with Crippen molar-refractivity contribution in [1.29, 1.82) is 0 Å². The van der Waals surface area contributed by atoms with Crippen LogP contribution in [0.3, 0.4) is 0 Å². The zero-order valence-corrected chi connectivity index (χ0v) is 28.2. The summed E-state index contributed by atoms with van der Waals surface area (Å²) >= 11 is 0. The third-order valence-corrected chi connectivity index (χ3v) is 9.60. The number of carbonyl (C=O) groups excluding carboxylic acids is 3. The lowest BCUT2D eigenvalue weighted by atomic mass is 9.81. The minimum atomic E-state index is -1.97. The number of nitrogens with one attached hydrogen (secondary N) is 2. The van der Waals surface area contributed by atoms with E-state index in [0.29, 0.717) is 54.9 Å². The number of pyridine rings is 2. The van der Waals surface area contributed by atoms with Crippen molar-refractivity contribution < 1.29 is 33.4 Å². The van der Waals surface area contributed by atoms with Crippen molar-refractivity contribution in [1.82, 2.24) is 25.1 Å². The lowest BCUT2D eigenvalue weighted by Crippen LogP contribution is -2.44. The van der Waals surface area contributed by atoms with Gasteiger partial charge in [0.2, 0.25) is 5.91 Å². The first-order valence-electron chi connectivity index (χ1n) is 16.4. The average molecular weight is 664 g/mol. The standard InChI is InChI=1S/C35H42FN5O7/c1-7-35(46)22-14-26-30-20(16-41(26)31(43)21(22)17-47-32(35)44)29-24(9-8-19-18(2)23(36)15-25(39-30)28(19)29)38-27(42)10-12-40(6)13-11-37-33(45)48-34(3,4)5/h14-15,24,46H,7-13,16-17H2,1-6H3,(H,37,45)(H,38,42)/t24-,35-/m0/s1. The zero-order valence-electron chi connectivity index (χ0n) is 28.2. The van der Waals surface area contributed by atoms with Crippen molar-refractivity contribution in [3.05, 3.63) is 61.7 Å². The van der Waals surface area contributed by atoms with Gasteiger partial charge in [-0.15, -0.1) is 0 Å².